The number of carbonyl (C=O) groups is 2. The molecular weight excluding hydrogens is 322 g/mol. The standard InChI is InChI=1S/C19H15NO3S/c21-17(22)11-20-16-7-6-13(12-4-2-1-3-5-12)10-15(16)14-8-9-24-19(23)18(14)20/h1-7,10H,8-9,11H2,(H,21,22). The molecular formula is C19H15NO3S. The van der Waals surface area contributed by atoms with Crippen molar-refractivity contribution in [3.05, 3.63) is 59.8 Å². The molecule has 4 rings (SSSR count). The van der Waals surface area contributed by atoms with Crippen LogP contribution in [0.15, 0.2) is 48.5 Å². The van der Waals surface area contributed by atoms with Crippen LogP contribution < -0.4 is 0 Å². The number of thioether (sulfide) groups is 1. The zero-order valence-electron chi connectivity index (χ0n) is 12.9. The van der Waals surface area contributed by atoms with E-state index in [-0.39, 0.29) is 11.7 Å². The molecule has 1 N–H and O–H groups in total. The highest BCUT2D eigenvalue weighted by Gasteiger charge is 2.27. The number of fused-ring (bicyclic) bond motifs is 3. The molecule has 24 heavy (non-hydrogen) atoms. The van der Waals surface area contributed by atoms with Gasteiger partial charge in [-0.3, -0.25) is 9.59 Å². The van der Waals surface area contributed by atoms with Gasteiger partial charge in [0.1, 0.15) is 12.2 Å². The lowest BCUT2D eigenvalue weighted by Gasteiger charge is -2.12. The second-order valence-electron chi connectivity index (χ2n) is 5.79. The summed E-state index contributed by atoms with van der Waals surface area (Å²) in [7, 11) is 0. The molecule has 1 aliphatic rings. The van der Waals surface area contributed by atoms with E-state index >= 15 is 0 Å². The molecule has 2 aromatic carbocycles. The Labute approximate surface area is 143 Å². The largest absolute Gasteiger partial charge is 0.480 e. The van der Waals surface area contributed by atoms with Crippen molar-refractivity contribution in [1.29, 1.82) is 0 Å². The van der Waals surface area contributed by atoms with Crippen molar-refractivity contribution in [1.82, 2.24) is 4.57 Å². The van der Waals surface area contributed by atoms with Crippen LogP contribution in [0.5, 0.6) is 0 Å². The Balaban J connectivity index is 1.97. The van der Waals surface area contributed by atoms with Gasteiger partial charge in [-0.05, 0) is 35.2 Å². The maximum Gasteiger partial charge on any atom is 0.323 e. The lowest BCUT2D eigenvalue weighted by molar-refractivity contribution is -0.137. The van der Waals surface area contributed by atoms with Crippen LogP contribution >= 0.6 is 11.8 Å². The Morgan fingerprint density at radius 1 is 1.12 bits per heavy atom. The van der Waals surface area contributed by atoms with Crippen molar-refractivity contribution < 1.29 is 14.7 Å². The summed E-state index contributed by atoms with van der Waals surface area (Å²) in [6, 6.07) is 16.0. The predicted molar refractivity (Wildman–Crippen MR) is 95.5 cm³/mol. The first-order valence-corrected chi connectivity index (χ1v) is 8.73. The van der Waals surface area contributed by atoms with Gasteiger partial charge in [-0.25, -0.2) is 0 Å². The number of aryl methyl sites for hydroxylation is 1. The van der Waals surface area contributed by atoms with E-state index in [2.05, 4.69) is 6.07 Å². The Kier molecular flexibility index (Phi) is 3.65. The summed E-state index contributed by atoms with van der Waals surface area (Å²) in [5, 5.41) is 10.2. The van der Waals surface area contributed by atoms with Gasteiger partial charge in [0.2, 0.25) is 5.12 Å². The van der Waals surface area contributed by atoms with Gasteiger partial charge in [-0.1, -0.05) is 48.2 Å². The molecule has 0 amide bonds. The lowest BCUT2D eigenvalue weighted by atomic mass is 10.0. The Morgan fingerprint density at radius 3 is 2.67 bits per heavy atom. The Morgan fingerprint density at radius 2 is 1.92 bits per heavy atom. The monoisotopic (exact) mass is 337 g/mol. The number of benzene rings is 2. The van der Waals surface area contributed by atoms with Crippen molar-refractivity contribution in [3.8, 4) is 11.1 Å². The van der Waals surface area contributed by atoms with Gasteiger partial charge in [0, 0.05) is 16.7 Å². The van der Waals surface area contributed by atoms with Crippen LogP contribution in [0, 0.1) is 0 Å². The van der Waals surface area contributed by atoms with Gasteiger partial charge in [-0.2, -0.15) is 0 Å². The number of carbonyl (C=O) groups excluding carboxylic acids is 1. The first-order valence-electron chi connectivity index (χ1n) is 7.74. The highest BCUT2D eigenvalue weighted by Crippen LogP contribution is 2.36. The van der Waals surface area contributed by atoms with Gasteiger partial charge in [0.05, 0.1) is 0 Å². The average Bonchev–Trinajstić information content (AvgIpc) is 2.90. The third-order valence-electron chi connectivity index (χ3n) is 4.35. The summed E-state index contributed by atoms with van der Waals surface area (Å²) in [5.41, 5.74) is 4.53. The third kappa shape index (κ3) is 2.41. The van der Waals surface area contributed by atoms with E-state index in [0.29, 0.717) is 5.69 Å². The van der Waals surface area contributed by atoms with Gasteiger partial charge in [0.25, 0.3) is 0 Å². The maximum atomic E-state index is 12.4. The van der Waals surface area contributed by atoms with Crippen LogP contribution in [0.4, 0.5) is 0 Å². The minimum atomic E-state index is -0.940. The highest BCUT2D eigenvalue weighted by molar-refractivity contribution is 8.14. The maximum absolute atomic E-state index is 12.4. The van der Waals surface area contributed by atoms with Crippen molar-refractivity contribution in [2.24, 2.45) is 0 Å². The van der Waals surface area contributed by atoms with Crippen molar-refractivity contribution in [3.63, 3.8) is 0 Å². The fourth-order valence-corrected chi connectivity index (χ4v) is 4.20. The molecule has 0 bridgehead atoms. The summed E-state index contributed by atoms with van der Waals surface area (Å²) in [6.07, 6.45) is 0.785. The zero-order chi connectivity index (χ0) is 16.7. The van der Waals surface area contributed by atoms with Crippen LogP contribution in [0.2, 0.25) is 0 Å². The number of aromatic nitrogens is 1. The van der Waals surface area contributed by atoms with Crippen molar-refractivity contribution >= 4 is 33.7 Å². The number of rotatable bonds is 3. The van der Waals surface area contributed by atoms with Crippen LogP contribution in [-0.4, -0.2) is 26.5 Å². The van der Waals surface area contributed by atoms with E-state index in [1.807, 2.05) is 42.5 Å². The van der Waals surface area contributed by atoms with Crippen LogP contribution in [0.1, 0.15) is 16.1 Å². The third-order valence-corrected chi connectivity index (χ3v) is 5.21. The van der Waals surface area contributed by atoms with E-state index < -0.39 is 5.97 Å². The molecule has 0 fully saturated rings. The molecule has 0 unspecified atom stereocenters. The number of aliphatic carboxylic acids is 1. The van der Waals surface area contributed by atoms with Crippen LogP contribution in [0.3, 0.4) is 0 Å². The van der Waals surface area contributed by atoms with Gasteiger partial charge in [0.15, 0.2) is 0 Å². The molecule has 1 aliphatic heterocycles. The molecule has 120 valence electrons. The molecule has 0 spiro atoms. The smallest absolute Gasteiger partial charge is 0.323 e. The first kappa shape index (κ1) is 15.0. The number of carboxylic acid groups (broad SMARTS) is 1. The summed E-state index contributed by atoms with van der Waals surface area (Å²) < 4.78 is 1.65. The van der Waals surface area contributed by atoms with Crippen LogP contribution in [-0.2, 0) is 17.8 Å². The SMILES string of the molecule is O=C(O)Cn1c2c(c3cc(-c4ccccc4)ccc31)CCSC2=O. The van der Waals surface area contributed by atoms with Crippen molar-refractivity contribution in [2.45, 2.75) is 13.0 Å². The fourth-order valence-electron chi connectivity index (χ4n) is 3.33. The first-order chi connectivity index (χ1) is 11.6. The molecule has 4 nitrogen and oxygen atoms in total. The number of hydrogen-bond acceptors (Lipinski definition) is 3. The highest BCUT2D eigenvalue weighted by atomic mass is 32.2. The molecule has 0 atom stereocenters. The molecule has 0 radical (unpaired) electrons. The van der Waals surface area contributed by atoms with E-state index in [9.17, 15) is 14.7 Å². The summed E-state index contributed by atoms with van der Waals surface area (Å²) in [5.74, 6) is -0.196. The van der Waals surface area contributed by atoms with Gasteiger partial charge >= 0.3 is 5.97 Å². The zero-order valence-corrected chi connectivity index (χ0v) is 13.7. The Bertz CT molecular complexity index is 960. The minimum Gasteiger partial charge on any atom is -0.480 e. The topological polar surface area (TPSA) is 59.3 Å². The van der Waals surface area contributed by atoms with Crippen molar-refractivity contribution in [2.75, 3.05) is 5.75 Å². The second-order valence-corrected chi connectivity index (χ2v) is 6.86. The summed E-state index contributed by atoms with van der Waals surface area (Å²) in [4.78, 5) is 23.6. The lowest BCUT2D eigenvalue weighted by Crippen LogP contribution is -2.17. The average molecular weight is 337 g/mol. The fraction of sp³-hybridized carbons (Fsp3) is 0.158. The van der Waals surface area contributed by atoms with E-state index in [1.54, 1.807) is 4.57 Å². The van der Waals surface area contributed by atoms with E-state index in [1.165, 1.54) is 11.8 Å². The molecule has 0 aliphatic carbocycles. The van der Waals surface area contributed by atoms with E-state index in [0.717, 1.165) is 39.8 Å². The molecule has 2 heterocycles. The number of carboxylic acids is 1. The number of nitrogens with zero attached hydrogens (tertiary/aromatic N) is 1. The molecule has 3 aromatic rings. The normalized spacial score (nSPS) is 13.9. The van der Waals surface area contributed by atoms with Gasteiger partial charge in [-0.15, -0.1) is 0 Å². The number of hydrogen-bond donors (Lipinski definition) is 1. The molecule has 5 heteroatoms. The summed E-state index contributed by atoms with van der Waals surface area (Å²) >= 11 is 1.27. The molecule has 1 aromatic heterocycles. The predicted octanol–water partition coefficient (Wildman–Crippen LogP) is 3.82. The minimum absolute atomic E-state index is 0.0324. The Hall–Kier alpha value is -2.53. The second kappa shape index (κ2) is 5.83. The summed E-state index contributed by atoms with van der Waals surface area (Å²) in [6.45, 7) is -0.192. The van der Waals surface area contributed by atoms with Crippen LogP contribution in [0.25, 0.3) is 22.0 Å². The molecule has 0 saturated carbocycles. The molecule has 0 saturated heterocycles. The van der Waals surface area contributed by atoms with E-state index in [4.69, 9.17) is 0 Å². The quantitative estimate of drug-likeness (QED) is 0.789. The van der Waals surface area contributed by atoms with Gasteiger partial charge < -0.3 is 9.67 Å².